The molecule has 0 bridgehead atoms. The largest absolute Gasteiger partial charge is 0.282 e. The summed E-state index contributed by atoms with van der Waals surface area (Å²) in [6, 6.07) is 16.8. The lowest BCUT2D eigenvalue weighted by Gasteiger charge is -2.05. The molecule has 0 saturated heterocycles. The minimum atomic E-state index is 0.883. The fourth-order valence-corrected chi connectivity index (χ4v) is 2.76. The fourth-order valence-electron chi connectivity index (χ4n) is 2.76. The van der Waals surface area contributed by atoms with Crippen LogP contribution in [0.25, 0.3) is 27.8 Å². The standard InChI is InChI=1S/C18H15N3/c1-12-6-8-14(9-7-12)17-19-20-18-16-5-3-4-13(2)15(16)10-11-21(17)18/h3-11H,1-2H3. The summed E-state index contributed by atoms with van der Waals surface area (Å²) in [7, 11) is 0. The van der Waals surface area contributed by atoms with E-state index >= 15 is 0 Å². The summed E-state index contributed by atoms with van der Waals surface area (Å²) in [6.07, 6.45) is 2.06. The van der Waals surface area contributed by atoms with Crippen molar-refractivity contribution in [3.8, 4) is 11.4 Å². The Hall–Kier alpha value is -2.68. The van der Waals surface area contributed by atoms with Gasteiger partial charge in [-0.1, -0.05) is 48.0 Å². The molecule has 2 aromatic heterocycles. The summed E-state index contributed by atoms with van der Waals surface area (Å²) >= 11 is 0. The van der Waals surface area contributed by atoms with Crippen molar-refractivity contribution >= 4 is 16.4 Å². The van der Waals surface area contributed by atoms with E-state index in [-0.39, 0.29) is 0 Å². The summed E-state index contributed by atoms with van der Waals surface area (Å²) in [6.45, 7) is 4.21. The molecule has 0 aliphatic rings. The number of hydrogen-bond donors (Lipinski definition) is 0. The maximum Gasteiger partial charge on any atom is 0.168 e. The predicted octanol–water partition coefficient (Wildman–Crippen LogP) is 4.17. The van der Waals surface area contributed by atoms with Crippen LogP contribution in [0, 0.1) is 13.8 Å². The lowest BCUT2D eigenvalue weighted by Crippen LogP contribution is -1.91. The highest BCUT2D eigenvalue weighted by molar-refractivity contribution is 5.96. The SMILES string of the molecule is Cc1ccc(-c2nnc3c4cccc(C)c4ccn23)cc1. The number of benzene rings is 2. The third-order valence-electron chi connectivity index (χ3n) is 3.96. The smallest absolute Gasteiger partial charge is 0.168 e. The molecule has 0 amide bonds. The summed E-state index contributed by atoms with van der Waals surface area (Å²) in [4.78, 5) is 0. The van der Waals surface area contributed by atoms with E-state index in [1.54, 1.807) is 0 Å². The number of aromatic nitrogens is 3. The minimum absolute atomic E-state index is 0.883. The van der Waals surface area contributed by atoms with Crippen LogP contribution in [0.1, 0.15) is 11.1 Å². The highest BCUT2D eigenvalue weighted by Gasteiger charge is 2.10. The van der Waals surface area contributed by atoms with Crippen LogP contribution in [-0.2, 0) is 0 Å². The van der Waals surface area contributed by atoms with E-state index < -0.39 is 0 Å². The van der Waals surface area contributed by atoms with Gasteiger partial charge in [0, 0.05) is 17.1 Å². The molecule has 0 N–H and O–H groups in total. The molecule has 2 heterocycles. The van der Waals surface area contributed by atoms with Crippen LogP contribution in [0.4, 0.5) is 0 Å². The molecule has 102 valence electrons. The first kappa shape index (κ1) is 12.1. The number of fused-ring (bicyclic) bond motifs is 3. The van der Waals surface area contributed by atoms with Gasteiger partial charge < -0.3 is 0 Å². The van der Waals surface area contributed by atoms with Crippen molar-refractivity contribution in [3.05, 3.63) is 65.9 Å². The summed E-state index contributed by atoms with van der Waals surface area (Å²) < 4.78 is 2.06. The molecule has 0 radical (unpaired) electrons. The van der Waals surface area contributed by atoms with Crippen LogP contribution in [0.3, 0.4) is 0 Å². The highest BCUT2D eigenvalue weighted by atomic mass is 15.2. The van der Waals surface area contributed by atoms with Gasteiger partial charge in [0.05, 0.1) is 0 Å². The molecular weight excluding hydrogens is 258 g/mol. The maximum absolute atomic E-state index is 4.40. The minimum Gasteiger partial charge on any atom is -0.282 e. The van der Waals surface area contributed by atoms with Gasteiger partial charge in [-0.25, -0.2) is 0 Å². The van der Waals surface area contributed by atoms with Gasteiger partial charge in [-0.15, -0.1) is 10.2 Å². The average molecular weight is 273 g/mol. The van der Waals surface area contributed by atoms with E-state index in [0.29, 0.717) is 0 Å². The van der Waals surface area contributed by atoms with Gasteiger partial charge in [0.15, 0.2) is 11.5 Å². The van der Waals surface area contributed by atoms with Gasteiger partial charge in [-0.05, 0) is 30.9 Å². The number of nitrogens with zero attached hydrogens (tertiary/aromatic N) is 3. The second-order valence-corrected chi connectivity index (χ2v) is 5.44. The Morgan fingerprint density at radius 1 is 0.810 bits per heavy atom. The van der Waals surface area contributed by atoms with Crippen LogP contribution in [0.15, 0.2) is 54.7 Å². The molecule has 3 nitrogen and oxygen atoms in total. The van der Waals surface area contributed by atoms with Crippen LogP contribution >= 0.6 is 0 Å². The Morgan fingerprint density at radius 2 is 1.62 bits per heavy atom. The lowest BCUT2D eigenvalue weighted by molar-refractivity contribution is 1.11. The molecule has 0 spiro atoms. The molecule has 0 atom stereocenters. The molecule has 2 aromatic carbocycles. The van der Waals surface area contributed by atoms with Crippen LogP contribution < -0.4 is 0 Å². The van der Waals surface area contributed by atoms with E-state index in [9.17, 15) is 0 Å². The Morgan fingerprint density at radius 3 is 2.43 bits per heavy atom. The topological polar surface area (TPSA) is 30.2 Å². The van der Waals surface area contributed by atoms with E-state index in [2.05, 4.69) is 83.2 Å². The molecule has 4 rings (SSSR count). The number of rotatable bonds is 1. The summed E-state index contributed by atoms with van der Waals surface area (Å²) in [5.74, 6) is 0.883. The molecule has 0 aliphatic carbocycles. The fraction of sp³-hybridized carbons (Fsp3) is 0.111. The quantitative estimate of drug-likeness (QED) is 0.521. The van der Waals surface area contributed by atoms with Gasteiger partial charge in [0.25, 0.3) is 0 Å². The van der Waals surface area contributed by atoms with Crippen molar-refractivity contribution in [2.24, 2.45) is 0 Å². The van der Waals surface area contributed by atoms with Gasteiger partial charge in [0.2, 0.25) is 0 Å². The first-order valence-electron chi connectivity index (χ1n) is 7.04. The van der Waals surface area contributed by atoms with Crippen molar-refractivity contribution in [1.82, 2.24) is 14.6 Å². The highest BCUT2D eigenvalue weighted by Crippen LogP contribution is 2.25. The normalized spacial score (nSPS) is 11.3. The molecule has 3 heteroatoms. The van der Waals surface area contributed by atoms with Crippen molar-refractivity contribution in [2.75, 3.05) is 0 Å². The number of hydrogen-bond acceptors (Lipinski definition) is 2. The van der Waals surface area contributed by atoms with Crippen molar-refractivity contribution in [1.29, 1.82) is 0 Å². The number of aryl methyl sites for hydroxylation is 2. The van der Waals surface area contributed by atoms with Gasteiger partial charge in [0.1, 0.15) is 0 Å². The van der Waals surface area contributed by atoms with Crippen LogP contribution in [0.2, 0.25) is 0 Å². The van der Waals surface area contributed by atoms with E-state index in [0.717, 1.165) is 22.4 Å². The molecule has 0 aliphatic heterocycles. The van der Waals surface area contributed by atoms with Gasteiger partial charge in [-0.3, -0.25) is 4.40 Å². The molecule has 21 heavy (non-hydrogen) atoms. The van der Waals surface area contributed by atoms with Crippen LogP contribution in [0.5, 0.6) is 0 Å². The molecular formula is C18H15N3. The zero-order valence-corrected chi connectivity index (χ0v) is 12.0. The third kappa shape index (κ3) is 1.82. The summed E-state index contributed by atoms with van der Waals surface area (Å²) in [5, 5.41) is 11.2. The Balaban J connectivity index is 2.03. The van der Waals surface area contributed by atoms with Crippen molar-refractivity contribution in [2.45, 2.75) is 13.8 Å². The maximum atomic E-state index is 4.40. The lowest BCUT2D eigenvalue weighted by atomic mass is 10.1. The third-order valence-corrected chi connectivity index (χ3v) is 3.96. The predicted molar refractivity (Wildman–Crippen MR) is 85.4 cm³/mol. The average Bonchev–Trinajstić information content (AvgIpc) is 2.93. The Kier molecular flexibility index (Phi) is 2.54. The summed E-state index contributed by atoms with van der Waals surface area (Å²) in [5.41, 5.74) is 4.50. The van der Waals surface area contributed by atoms with E-state index in [1.807, 2.05) is 0 Å². The van der Waals surface area contributed by atoms with E-state index in [1.165, 1.54) is 16.5 Å². The van der Waals surface area contributed by atoms with Crippen molar-refractivity contribution < 1.29 is 0 Å². The Labute approximate surface area is 122 Å². The Bertz CT molecular complexity index is 949. The molecule has 4 aromatic rings. The van der Waals surface area contributed by atoms with Gasteiger partial charge in [-0.2, -0.15) is 0 Å². The zero-order valence-electron chi connectivity index (χ0n) is 12.0. The van der Waals surface area contributed by atoms with Crippen molar-refractivity contribution in [3.63, 3.8) is 0 Å². The molecule has 0 saturated carbocycles. The second kappa shape index (κ2) is 4.42. The molecule has 0 unspecified atom stereocenters. The zero-order chi connectivity index (χ0) is 14.4. The van der Waals surface area contributed by atoms with Crippen LogP contribution in [-0.4, -0.2) is 14.6 Å². The van der Waals surface area contributed by atoms with E-state index in [4.69, 9.17) is 0 Å². The van der Waals surface area contributed by atoms with Gasteiger partial charge >= 0.3 is 0 Å². The monoisotopic (exact) mass is 273 g/mol. The number of pyridine rings is 1. The first-order valence-corrected chi connectivity index (χ1v) is 7.04. The molecule has 0 fully saturated rings. The second-order valence-electron chi connectivity index (χ2n) is 5.44. The first-order chi connectivity index (χ1) is 10.2.